The predicted molar refractivity (Wildman–Crippen MR) is 68.0 cm³/mol. The van der Waals surface area contributed by atoms with Gasteiger partial charge in [0.2, 0.25) is 0 Å². The maximum Gasteiger partial charge on any atom is 0.154 e. The lowest BCUT2D eigenvalue weighted by Crippen LogP contribution is -2.28. The highest BCUT2D eigenvalue weighted by atomic mass is 79.9. The quantitative estimate of drug-likeness (QED) is 0.863. The molecule has 0 aliphatic carbocycles. The smallest absolute Gasteiger partial charge is 0.154 e. The Morgan fingerprint density at radius 3 is 3.00 bits per heavy atom. The zero-order valence-corrected chi connectivity index (χ0v) is 10.8. The van der Waals surface area contributed by atoms with Crippen molar-refractivity contribution in [2.75, 3.05) is 5.75 Å². The normalized spacial score (nSPS) is 26.1. The van der Waals surface area contributed by atoms with Crippen LogP contribution >= 0.6 is 27.7 Å². The number of thioether (sulfide) groups is 1. The van der Waals surface area contributed by atoms with Gasteiger partial charge in [-0.25, -0.2) is 0 Å². The summed E-state index contributed by atoms with van der Waals surface area (Å²) in [5.74, 6) is 1.01. The van der Waals surface area contributed by atoms with Crippen LogP contribution in [0.15, 0.2) is 27.9 Å². The molecule has 5 heteroatoms. The van der Waals surface area contributed by atoms with Crippen molar-refractivity contribution in [1.29, 1.82) is 0 Å². The molecule has 0 unspecified atom stereocenters. The molecular formula is C10H12BrN3S. The number of halogens is 1. The first-order chi connectivity index (χ1) is 7.10. The third-order valence-electron chi connectivity index (χ3n) is 2.52. The van der Waals surface area contributed by atoms with Crippen molar-refractivity contribution in [2.45, 2.75) is 18.9 Å². The van der Waals surface area contributed by atoms with Gasteiger partial charge in [-0.2, -0.15) is 0 Å². The molecule has 2 heterocycles. The molecule has 1 atom stereocenters. The highest BCUT2D eigenvalue weighted by Crippen LogP contribution is 2.35. The molecule has 2 N–H and O–H groups in total. The molecule has 80 valence electrons. The minimum atomic E-state index is -0.216. The second kappa shape index (κ2) is 4.14. The fraction of sp³-hybridized carbons (Fsp3) is 0.400. The van der Waals surface area contributed by atoms with Gasteiger partial charge in [-0.05, 0) is 40.9 Å². The number of nitrogens with zero attached hydrogens (tertiary/aromatic N) is 2. The maximum absolute atomic E-state index is 5.77. The van der Waals surface area contributed by atoms with Gasteiger partial charge >= 0.3 is 0 Å². The summed E-state index contributed by atoms with van der Waals surface area (Å²) < 4.78 is 0.980. The van der Waals surface area contributed by atoms with Crippen LogP contribution in [0.3, 0.4) is 0 Å². The second-order valence-corrected chi connectivity index (χ2v) is 5.75. The highest BCUT2D eigenvalue weighted by Gasteiger charge is 2.29. The van der Waals surface area contributed by atoms with Crippen LogP contribution in [-0.2, 0) is 5.54 Å². The average Bonchev–Trinajstić information content (AvgIpc) is 2.17. The summed E-state index contributed by atoms with van der Waals surface area (Å²) in [7, 11) is 0. The molecule has 0 bridgehead atoms. The molecule has 0 spiro atoms. The summed E-state index contributed by atoms with van der Waals surface area (Å²) >= 11 is 5.04. The molecule has 0 radical (unpaired) electrons. The summed E-state index contributed by atoms with van der Waals surface area (Å²) in [6.07, 6.45) is 4.63. The van der Waals surface area contributed by atoms with E-state index in [0.29, 0.717) is 5.17 Å². The van der Waals surface area contributed by atoms with Gasteiger partial charge in [-0.3, -0.25) is 9.98 Å². The fourth-order valence-electron chi connectivity index (χ4n) is 1.60. The first-order valence-corrected chi connectivity index (χ1v) is 6.47. The number of amidine groups is 1. The zero-order chi connectivity index (χ0) is 10.9. The Labute approximate surface area is 102 Å². The molecule has 0 saturated heterocycles. The molecule has 0 fully saturated rings. The number of nitrogens with two attached hydrogens (primary N) is 1. The van der Waals surface area contributed by atoms with E-state index in [0.717, 1.165) is 22.2 Å². The van der Waals surface area contributed by atoms with Gasteiger partial charge in [0.25, 0.3) is 0 Å². The van der Waals surface area contributed by atoms with Crippen molar-refractivity contribution >= 4 is 32.9 Å². The standard InChI is InChI=1S/C10H12BrN3S/c1-10(2-3-15-9(12)14-10)7-4-8(11)6-13-5-7/h4-6H,2-3H2,1H3,(H2,12,14)/t10-/m0/s1. The van der Waals surface area contributed by atoms with Crippen LogP contribution in [0.5, 0.6) is 0 Å². The van der Waals surface area contributed by atoms with Crippen LogP contribution in [0, 0.1) is 0 Å². The van der Waals surface area contributed by atoms with Gasteiger partial charge in [-0.1, -0.05) is 11.8 Å². The minimum absolute atomic E-state index is 0.216. The van der Waals surface area contributed by atoms with Crippen molar-refractivity contribution < 1.29 is 0 Å². The second-order valence-electron chi connectivity index (χ2n) is 3.71. The number of aliphatic imine (C=N–C) groups is 1. The van der Waals surface area contributed by atoms with E-state index in [1.165, 1.54) is 0 Å². The van der Waals surface area contributed by atoms with Crippen LogP contribution < -0.4 is 5.73 Å². The molecule has 1 aliphatic rings. The molecule has 0 saturated carbocycles. The first kappa shape index (κ1) is 11.0. The first-order valence-electron chi connectivity index (χ1n) is 4.69. The summed E-state index contributed by atoms with van der Waals surface area (Å²) in [6.45, 7) is 2.10. The summed E-state index contributed by atoms with van der Waals surface area (Å²) in [5, 5.41) is 0.670. The number of hydrogen-bond acceptors (Lipinski definition) is 4. The van der Waals surface area contributed by atoms with Gasteiger partial charge in [0.15, 0.2) is 5.17 Å². The topological polar surface area (TPSA) is 51.3 Å². The lowest BCUT2D eigenvalue weighted by atomic mass is 9.91. The third-order valence-corrected chi connectivity index (χ3v) is 3.75. The predicted octanol–water partition coefficient (Wildman–Crippen LogP) is 2.51. The summed E-state index contributed by atoms with van der Waals surface area (Å²) in [6, 6.07) is 2.06. The van der Waals surface area contributed by atoms with Crippen molar-refractivity contribution in [2.24, 2.45) is 10.7 Å². The molecule has 15 heavy (non-hydrogen) atoms. The Balaban J connectivity index is 2.41. The van der Waals surface area contributed by atoms with Crippen LogP contribution in [-0.4, -0.2) is 15.9 Å². The maximum atomic E-state index is 5.77. The van der Waals surface area contributed by atoms with E-state index in [1.807, 2.05) is 6.20 Å². The molecule has 3 nitrogen and oxygen atoms in total. The Morgan fingerprint density at radius 1 is 1.53 bits per heavy atom. The van der Waals surface area contributed by atoms with Gasteiger partial charge in [0.05, 0.1) is 5.54 Å². The van der Waals surface area contributed by atoms with E-state index >= 15 is 0 Å². The van der Waals surface area contributed by atoms with E-state index in [2.05, 4.69) is 38.9 Å². The molecular weight excluding hydrogens is 274 g/mol. The van der Waals surface area contributed by atoms with Crippen LogP contribution in [0.1, 0.15) is 18.9 Å². The lowest BCUT2D eigenvalue weighted by Gasteiger charge is -2.29. The third kappa shape index (κ3) is 2.34. The van der Waals surface area contributed by atoms with Gasteiger partial charge in [0, 0.05) is 22.6 Å². The Bertz CT molecular complexity index is 407. The monoisotopic (exact) mass is 285 g/mol. The Kier molecular flexibility index (Phi) is 3.02. The number of rotatable bonds is 1. The van der Waals surface area contributed by atoms with E-state index in [4.69, 9.17) is 5.73 Å². The van der Waals surface area contributed by atoms with Crippen LogP contribution in [0.2, 0.25) is 0 Å². The number of pyridine rings is 1. The Morgan fingerprint density at radius 2 is 2.33 bits per heavy atom. The van der Waals surface area contributed by atoms with E-state index in [-0.39, 0.29) is 5.54 Å². The van der Waals surface area contributed by atoms with Gasteiger partial charge in [0.1, 0.15) is 0 Å². The molecule has 2 rings (SSSR count). The molecule has 0 aromatic carbocycles. The van der Waals surface area contributed by atoms with Gasteiger partial charge in [-0.15, -0.1) is 0 Å². The van der Waals surface area contributed by atoms with E-state index in [1.54, 1.807) is 18.0 Å². The van der Waals surface area contributed by atoms with E-state index < -0.39 is 0 Å². The van der Waals surface area contributed by atoms with Gasteiger partial charge < -0.3 is 5.73 Å². The van der Waals surface area contributed by atoms with Crippen molar-refractivity contribution in [3.8, 4) is 0 Å². The Hall–Kier alpha value is -0.550. The van der Waals surface area contributed by atoms with Crippen LogP contribution in [0.4, 0.5) is 0 Å². The molecule has 1 aromatic rings. The largest absolute Gasteiger partial charge is 0.379 e. The summed E-state index contributed by atoms with van der Waals surface area (Å²) in [4.78, 5) is 8.69. The van der Waals surface area contributed by atoms with Crippen molar-refractivity contribution in [1.82, 2.24) is 4.98 Å². The fourth-order valence-corrected chi connectivity index (χ4v) is 2.94. The molecule has 0 amide bonds. The highest BCUT2D eigenvalue weighted by molar-refractivity contribution is 9.10. The molecule has 1 aliphatic heterocycles. The summed E-state index contributed by atoms with van der Waals surface area (Å²) in [5.41, 5.74) is 6.66. The minimum Gasteiger partial charge on any atom is -0.379 e. The lowest BCUT2D eigenvalue weighted by molar-refractivity contribution is 0.480. The zero-order valence-electron chi connectivity index (χ0n) is 8.40. The van der Waals surface area contributed by atoms with Crippen molar-refractivity contribution in [3.63, 3.8) is 0 Å². The SMILES string of the molecule is C[C@@]1(c2cncc(Br)c2)CCSC(N)=N1. The number of hydrogen-bond donors (Lipinski definition) is 1. The van der Waals surface area contributed by atoms with Crippen LogP contribution in [0.25, 0.3) is 0 Å². The number of aromatic nitrogens is 1. The molecule has 1 aromatic heterocycles. The van der Waals surface area contributed by atoms with E-state index in [9.17, 15) is 0 Å². The average molecular weight is 286 g/mol. The van der Waals surface area contributed by atoms with Crippen molar-refractivity contribution in [3.05, 3.63) is 28.5 Å².